The highest BCUT2D eigenvalue weighted by Gasteiger charge is 2.49. The van der Waals surface area contributed by atoms with Crippen LogP contribution in [0.4, 0.5) is 16.2 Å². The van der Waals surface area contributed by atoms with Crippen molar-refractivity contribution < 1.29 is 23.9 Å². The van der Waals surface area contributed by atoms with Crippen molar-refractivity contribution >= 4 is 35.1 Å². The van der Waals surface area contributed by atoms with Crippen molar-refractivity contribution in [2.75, 3.05) is 36.4 Å². The molecule has 34 heavy (non-hydrogen) atoms. The molecule has 1 aromatic rings. The highest BCUT2D eigenvalue weighted by atomic mass is 16.6. The SMILES string of the molecule is CC(C)(C)OC(=O)N1CC[C@@H]2NC(=O)C(C(=O)Nc3ccc(N4CCCCC4)cc3)C(=O)[C@H]2C1. The predicted molar refractivity (Wildman–Crippen MR) is 127 cm³/mol. The molecule has 184 valence electrons. The maximum absolute atomic E-state index is 13.2. The number of amides is 3. The van der Waals surface area contributed by atoms with Crippen molar-refractivity contribution in [1.82, 2.24) is 10.2 Å². The van der Waals surface area contributed by atoms with Crippen molar-refractivity contribution in [2.24, 2.45) is 11.8 Å². The number of carbonyl (C=O) groups is 4. The molecule has 3 heterocycles. The molecule has 9 heteroatoms. The van der Waals surface area contributed by atoms with E-state index >= 15 is 0 Å². The number of ketones is 1. The lowest BCUT2D eigenvalue weighted by atomic mass is 9.78. The minimum absolute atomic E-state index is 0.118. The standard InChI is InChI=1S/C25H34N4O5/c1-25(2,3)34-24(33)29-14-11-19-18(15-29)21(30)20(23(32)27-19)22(31)26-16-7-9-17(10-8-16)28-12-5-4-6-13-28/h7-10,18-20H,4-6,11-15H2,1-3H3,(H,26,31)(H,27,32)/t18-,19-,20?/m0/s1. The number of rotatable bonds is 3. The van der Waals surface area contributed by atoms with Crippen LogP contribution in [0.15, 0.2) is 24.3 Å². The van der Waals surface area contributed by atoms with Crippen LogP contribution in [0.2, 0.25) is 0 Å². The summed E-state index contributed by atoms with van der Waals surface area (Å²) in [5.74, 6) is -3.78. The van der Waals surface area contributed by atoms with E-state index in [4.69, 9.17) is 4.74 Å². The maximum Gasteiger partial charge on any atom is 0.410 e. The number of fused-ring (bicyclic) bond motifs is 1. The predicted octanol–water partition coefficient (Wildman–Crippen LogP) is 2.56. The van der Waals surface area contributed by atoms with Crippen LogP contribution in [-0.4, -0.2) is 66.4 Å². The van der Waals surface area contributed by atoms with E-state index < -0.39 is 41.1 Å². The molecule has 9 nitrogen and oxygen atoms in total. The van der Waals surface area contributed by atoms with Gasteiger partial charge in [0.25, 0.3) is 0 Å². The number of hydrogen-bond donors (Lipinski definition) is 2. The van der Waals surface area contributed by atoms with E-state index in [2.05, 4.69) is 15.5 Å². The first-order valence-corrected chi connectivity index (χ1v) is 12.1. The number of ether oxygens (including phenoxy) is 1. The van der Waals surface area contributed by atoms with Gasteiger partial charge in [-0.15, -0.1) is 0 Å². The molecule has 0 bridgehead atoms. The molecule has 0 saturated carbocycles. The summed E-state index contributed by atoms with van der Waals surface area (Å²) in [7, 11) is 0. The maximum atomic E-state index is 13.2. The van der Waals surface area contributed by atoms with Gasteiger partial charge in [0.2, 0.25) is 11.8 Å². The summed E-state index contributed by atoms with van der Waals surface area (Å²) in [6.07, 6.45) is 3.54. The Kier molecular flexibility index (Phi) is 6.81. The molecule has 4 rings (SSSR count). The van der Waals surface area contributed by atoms with Crippen LogP contribution in [0, 0.1) is 11.8 Å². The van der Waals surface area contributed by atoms with Gasteiger partial charge in [0.1, 0.15) is 5.60 Å². The summed E-state index contributed by atoms with van der Waals surface area (Å²) in [5, 5.41) is 5.54. The number of benzene rings is 1. The molecule has 3 amide bonds. The zero-order valence-corrected chi connectivity index (χ0v) is 20.1. The van der Waals surface area contributed by atoms with Gasteiger partial charge in [-0.25, -0.2) is 4.79 Å². The molecule has 3 saturated heterocycles. The molecule has 3 fully saturated rings. The van der Waals surface area contributed by atoms with Gasteiger partial charge in [-0.1, -0.05) is 0 Å². The molecule has 0 radical (unpaired) electrons. The Morgan fingerprint density at radius 1 is 1.03 bits per heavy atom. The highest BCUT2D eigenvalue weighted by Crippen LogP contribution is 2.28. The van der Waals surface area contributed by atoms with E-state index in [1.54, 1.807) is 32.9 Å². The molecule has 3 aliphatic heterocycles. The molecular weight excluding hydrogens is 436 g/mol. The summed E-state index contributed by atoms with van der Waals surface area (Å²) < 4.78 is 5.43. The van der Waals surface area contributed by atoms with E-state index in [0.29, 0.717) is 18.7 Å². The molecule has 2 N–H and O–H groups in total. The van der Waals surface area contributed by atoms with Crippen LogP contribution in [0.5, 0.6) is 0 Å². The monoisotopic (exact) mass is 470 g/mol. The van der Waals surface area contributed by atoms with Crippen LogP contribution >= 0.6 is 0 Å². The van der Waals surface area contributed by atoms with Gasteiger partial charge in [0.05, 0.1) is 5.92 Å². The van der Waals surface area contributed by atoms with Crippen LogP contribution in [0.1, 0.15) is 46.5 Å². The molecule has 3 aliphatic rings. The van der Waals surface area contributed by atoms with E-state index in [9.17, 15) is 19.2 Å². The number of anilines is 2. The van der Waals surface area contributed by atoms with Gasteiger partial charge in [0, 0.05) is 43.6 Å². The normalized spacial score (nSPS) is 25.3. The van der Waals surface area contributed by atoms with Gasteiger partial charge in [-0.3, -0.25) is 14.4 Å². The van der Waals surface area contributed by atoms with Crippen LogP contribution < -0.4 is 15.5 Å². The number of carbonyl (C=O) groups excluding carboxylic acids is 4. The molecule has 3 atom stereocenters. The molecule has 0 aromatic heterocycles. The number of nitrogens with zero attached hydrogens (tertiary/aromatic N) is 2. The van der Waals surface area contributed by atoms with E-state index in [1.807, 2.05) is 12.1 Å². The van der Waals surface area contributed by atoms with Gasteiger partial charge >= 0.3 is 6.09 Å². The van der Waals surface area contributed by atoms with Gasteiger partial charge in [0.15, 0.2) is 11.7 Å². The lowest BCUT2D eigenvalue weighted by molar-refractivity contribution is -0.147. The van der Waals surface area contributed by atoms with Gasteiger partial charge in [-0.05, 0) is 70.7 Å². The second kappa shape index (κ2) is 9.64. The van der Waals surface area contributed by atoms with Crippen molar-refractivity contribution in [3.05, 3.63) is 24.3 Å². The zero-order valence-electron chi connectivity index (χ0n) is 20.1. The van der Waals surface area contributed by atoms with E-state index in [1.165, 1.54) is 24.2 Å². The average molecular weight is 471 g/mol. The minimum atomic E-state index is -1.44. The number of nitrogens with one attached hydrogen (secondary N) is 2. The first-order chi connectivity index (χ1) is 16.1. The summed E-state index contributed by atoms with van der Waals surface area (Å²) in [6.45, 7) is 7.88. The molecular formula is C25H34N4O5. The van der Waals surface area contributed by atoms with Crippen molar-refractivity contribution in [2.45, 2.75) is 58.1 Å². The number of likely N-dealkylation sites (tertiary alicyclic amines) is 1. The second-order valence-electron chi connectivity index (χ2n) is 10.4. The third-order valence-electron chi connectivity index (χ3n) is 6.62. The fourth-order valence-corrected chi connectivity index (χ4v) is 4.89. The Labute approximate surface area is 200 Å². The fraction of sp³-hybridized carbons (Fsp3) is 0.600. The topological polar surface area (TPSA) is 108 Å². The number of piperidine rings is 3. The van der Waals surface area contributed by atoms with E-state index in [-0.39, 0.29) is 12.6 Å². The zero-order chi connectivity index (χ0) is 24.5. The van der Waals surface area contributed by atoms with Crippen molar-refractivity contribution in [3.63, 3.8) is 0 Å². The molecule has 0 spiro atoms. The largest absolute Gasteiger partial charge is 0.444 e. The first kappa shape index (κ1) is 24.0. The smallest absolute Gasteiger partial charge is 0.410 e. The minimum Gasteiger partial charge on any atom is -0.444 e. The number of Topliss-reactive ketones (excluding diaryl/α,β-unsaturated/α-hetero) is 1. The van der Waals surface area contributed by atoms with Crippen LogP contribution in [-0.2, 0) is 19.1 Å². The summed E-state index contributed by atoms with van der Waals surface area (Å²) in [6, 6.07) is 7.09. The number of hydrogen-bond acceptors (Lipinski definition) is 6. The third kappa shape index (κ3) is 5.34. The lowest BCUT2D eigenvalue weighted by Gasteiger charge is -2.42. The lowest BCUT2D eigenvalue weighted by Crippen LogP contribution is -2.63. The Morgan fingerprint density at radius 2 is 1.71 bits per heavy atom. The van der Waals surface area contributed by atoms with Crippen molar-refractivity contribution in [1.29, 1.82) is 0 Å². The van der Waals surface area contributed by atoms with Crippen molar-refractivity contribution in [3.8, 4) is 0 Å². The highest BCUT2D eigenvalue weighted by molar-refractivity contribution is 6.23. The molecule has 0 aliphatic carbocycles. The Hall–Kier alpha value is -3.10. The van der Waals surface area contributed by atoms with E-state index in [0.717, 1.165) is 18.8 Å². The van der Waals surface area contributed by atoms with Crippen LogP contribution in [0.3, 0.4) is 0 Å². The Bertz CT molecular complexity index is 949. The second-order valence-corrected chi connectivity index (χ2v) is 10.4. The molecule has 1 unspecified atom stereocenters. The fourth-order valence-electron chi connectivity index (χ4n) is 4.89. The van der Waals surface area contributed by atoms with Gasteiger partial charge < -0.3 is 25.2 Å². The summed E-state index contributed by atoms with van der Waals surface area (Å²) in [5.41, 5.74) is 0.981. The Balaban J connectivity index is 1.40. The third-order valence-corrected chi connectivity index (χ3v) is 6.62. The van der Waals surface area contributed by atoms with Gasteiger partial charge in [-0.2, -0.15) is 0 Å². The first-order valence-electron chi connectivity index (χ1n) is 12.1. The Morgan fingerprint density at radius 3 is 2.35 bits per heavy atom. The van der Waals surface area contributed by atoms with Crippen LogP contribution in [0.25, 0.3) is 0 Å². The average Bonchev–Trinajstić information content (AvgIpc) is 2.79. The molecule has 1 aromatic carbocycles. The summed E-state index contributed by atoms with van der Waals surface area (Å²) in [4.78, 5) is 55.1. The summed E-state index contributed by atoms with van der Waals surface area (Å²) >= 11 is 0. The quantitative estimate of drug-likeness (QED) is 0.658.